The number of methoxy groups -OCH3 is 1. The Hall–Kier alpha value is -0.520. The first-order chi connectivity index (χ1) is 8.01. The Kier molecular flexibility index (Phi) is 5.49. The van der Waals surface area contributed by atoms with E-state index in [-0.39, 0.29) is 0 Å². The summed E-state index contributed by atoms with van der Waals surface area (Å²) in [5.41, 5.74) is 11.7. The van der Waals surface area contributed by atoms with Gasteiger partial charge < -0.3 is 21.3 Å². The van der Waals surface area contributed by atoms with Crippen LogP contribution < -0.4 is 16.2 Å². The van der Waals surface area contributed by atoms with E-state index < -0.39 is 12.1 Å². The summed E-state index contributed by atoms with van der Waals surface area (Å²) in [6.45, 7) is 0.398. The summed E-state index contributed by atoms with van der Waals surface area (Å²) in [4.78, 5) is 0. The fourth-order valence-corrected chi connectivity index (χ4v) is 2.18. The van der Waals surface area contributed by atoms with Gasteiger partial charge in [0.05, 0.1) is 18.2 Å². The van der Waals surface area contributed by atoms with Crippen LogP contribution in [0, 0.1) is 0 Å². The highest BCUT2D eigenvalue weighted by Gasteiger charge is 2.22. The van der Waals surface area contributed by atoms with Crippen molar-refractivity contribution in [2.45, 2.75) is 18.6 Å². The number of halogens is 2. The molecule has 6 heteroatoms. The zero-order valence-corrected chi connectivity index (χ0v) is 11.0. The number of hydrogen-bond donors (Lipinski definition) is 3. The highest BCUT2D eigenvalue weighted by molar-refractivity contribution is 6.35. The Morgan fingerprint density at radius 2 is 2.06 bits per heavy atom. The van der Waals surface area contributed by atoms with Crippen LogP contribution >= 0.6 is 23.2 Å². The molecule has 0 aromatic heterocycles. The zero-order chi connectivity index (χ0) is 13.0. The lowest BCUT2D eigenvalue weighted by molar-refractivity contribution is 0.139. The summed E-state index contributed by atoms with van der Waals surface area (Å²) in [6, 6.07) is 2.66. The molecule has 0 amide bonds. The number of nitrogens with two attached hydrogens (primary N) is 2. The number of rotatable bonds is 5. The molecule has 4 nitrogen and oxygen atoms in total. The van der Waals surface area contributed by atoms with E-state index in [9.17, 15) is 5.11 Å². The molecule has 96 valence electrons. The molecule has 1 aromatic carbocycles. The normalized spacial score (nSPS) is 14.5. The molecular formula is C11H16Cl2N2O2. The molecular weight excluding hydrogens is 263 g/mol. The van der Waals surface area contributed by atoms with Crippen LogP contribution in [-0.2, 0) is 0 Å². The van der Waals surface area contributed by atoms with Crippen molar-refractivity contribution in [3.05, 3.63) is 27.7 Å². The monoisotopic (exact) mass is 278 g/mol. The van der Waals surface area contributed by atoms with Gasteiger partial charge in [-0.2, -0.15) is 0 Å². The maximum absolute atomic E-state index is 10.1. The molecule has 2 unspecified atom stereocenters. The fourth-order valence-electron chi connectivity index (χ4n) is 1.60. The number of aliphatic hydroxyl groups excluding tert-OH is 1. The van der Waals surface area contributed by atoms with E-state index in [1.165, 1.54) is 7.11 Å². The van der Waals surface area contributed by atoms with Gasteiger partial charge in [0.2, 0.25) is 0 Å². The average Bonchev–Trinajstić information content (AvgIpc) is 2.27. The number of benzene rings is 1. The Morgan fingerprint density at radius 3 is 2.59 bits per heavy atom. The summed E-state index contributed by atoms with van der Waals surface area (Å²) >= 11 is 11.9. The third kappa shape index (κ3) is 3.47. The van der Waals surface area contributed by atoms with Gasteiger partial charge in [0, 0.05) is 16.6 Å². The second-order valence-corrected chi connectivity index (χ2v) is 4.54. The van der Waals surface area contributed by atoms with E-state index in [4.69, 9.17) is 39.4 Å². The molecule has 0 radical (unpaired) electrons. The average molecular weight is 279 g/mol. The van der Waals surface area contributed by atoms with Gasteiger partial charge in [-0.1, -0.05) is 23.2 Å². The molecule has 0 aliphatic carbocycles. The maximum atomic E-state index is 10.1. The van der Waals surface area contributed by atoms with Gasteiger partial charge in [-0.15, -0.1) is 0 Å². The lowest BCUT2D eigenvalue weighted by atomic mass is 9.99. The largest absolute Gasteiger partial charge is 0.495 e. The van der Waals surface area contributed by atoms with Crippen molar-refractivity contribution in [1.29, 1.82) is 0 Å². The van der Waals surface area contributed by atoms with Crippen molar-refractivity contribution in [1.82, 2.24) is 0 Å². The molecule has 2 atom stereocenters. The zero-order valence-electron chi connectivity index (χ0n) is 9.49. The molecule has 0 fully saturated rings. The molecule has 1 rings (SSSR count). The van der Waals surface area contributed by atoms with E-state index >= 15 is 0 Å². The van der Waals surface area contributed by atoms with Gasteiger partial charge in [-0.3, -0.25) is 0 Å². The Labute approximate surface area is 110 Å². The van der Waals surface area contributed by atoms with E-state index in [0.29, 0.717) is 34.3 Å². The molecule has 0 bridgehead atoms. The molecule has 5 N–H and O–H groups in total. The molecule has 0 aliphatic heterocycles. The summed E-state index contributed by atoms with van der Waals surface area (Å²) in [5.74, 6) is 0.385. The van der Waals surface area contributed by atoms with Gasteiger partial charge in [-0.25, -0.2) is 0 Å². The van der Waals surface area contributed by atoms with E-state index in [0.717, 1.165) is 0 Å². The van der Waals surface area contributed by atoms with Crippen LogP contribution in [0.15, 0.2) is 12.1 Å². The SMILES string of the molecule is COc1c(Cl)cc(Cl)cc1C(O)C(N)CCN. The molecule has 0 aliphatic rings. The van der Waals surface area contributed by atoms with Gasteiger partial charge in [0.1, 0.15) is 5.75 Å². The Bertz CT molecular complexity index is 388. The van der Waals surface area contributed by atoms with Crippen LogP contribution in [0.4, 0.5) is 0 Å². The van der Waals surface area contributed by atoms with Crippen LogP contribution in [0.25, 0.3) is 0 Å². The fraction of sp³-hybridized carbons (Fsp3) is 0.455. The second-order valence-electron chi connectivity index (χ2n) is 3.70. The maximum Gasteiger partial charge on any atom is 0.143 e. The van der Waals surface area contributed by atoms with Crippen molar-refractivity contribution >= 4 is 23.2 Å². The first-order valence-corrected chi connectivity index (χ1v) is 5.93. The summed E-state index contributed by atoms with van der Waals surface area (Å²) in [6.07, 6.45) is -0.418. The highest BCUT2D eigenvalue weighted by Crippen LogP contribution is 2.36. The van der Waals surface area contributed by atoms with Crippen molar-refractivity contribution in [3.63, 3.8) is 0 Å². The quantitative estimate of drug-likeness (QED) is 0.766. The minimum atomic E-state index is -0.912. The molecule has 0 saturated carbocycles. The van der Waals surface area contributed by atoms with Crippen molar-refractivity contribution in [2.24, 2.45) is 11.5 Å². The summed E-state index contributed by atoms with van der Waals surface area (Å²) in [5, 5.41) is 10.9. The van der Waals surface area contributed by atoms with Crippen LogP contribution in [0.5, 0.6) is 5.75 Å². The van der Waals surface area contributed by atoms with Gasteiger partial charge in [0.25, 0.3) is 0 Å². The minimum Gasteiger partial charge on any atom is -0.495 e. The van der Waals surface area contributed by atoms with Crippen molar-refractivity contribution in [3.8, 4) is 5.75 Å². The van der Waals surface area contributed by atoms with Crippen LogP contribution in [0.3, 0.4) is 0 Å². The third-order valence-corrected chi connectivity index (χ3v) is 2.96. The number of aliphatic hydroxyl groups is 1. The first-order valence-electron chi connectivity index (χ1n) is 5.18. The number of hydrogen-bond acceptors (Lipinski definition) is 4. The molecule has 1 aromatic rings. The van der Waals surface area contributed by atoms with Gasteiger partial charge in [0.15, 0.2) is 0 Å². The van der Waals surface area contributed by atoms with E-state index in [1.54, 1.807) is 12.1 Å². The molecule has 0 heterocycles. The van der Waals surface area contributed by atoms with E-state index in [2.05, 4.69) is 0 Å². The van der Waals surface area contributed by atoms with Crippen molar-refractivity contribution < 1.29 is 9.84 Å². The van der Waals surface area contributed by atoms with Crippen LogP contribution in [0.2, 0.25) is 10.0 Å². The first kappa shape index (κ1) is 14.5. The standard InChI is InChI=1S/C11H16Cl2N2O2/c1-17-11-7(4-6(12)5-8(11)13)10(16)9(15)2-3-14/h4-5,9-10,16H,2-3,14-15H2,1H3. The van der Waals surface area contributed by atoms with Crippen LogP contribution in [0.1, 0.15) is 18.1 Å². The lowest BCUT2D eigenvalue weighted by Gasteiger charge is -2.21. The minimum absolute atomic E-state index is 0.342. The predicted octanol–water partition coefficient (Wildman–Crippen LogP) is 1.71. The highest BCUT2D eigenvalue weighted by atomic mass is 35.5. The predicted molar refractivity (Wildman–Crippen MR) is 69.6 cm³/mol. The third-order valence-electron chi connectivity index (χ3n) is 2.47. The Balaban J connectivity index is 3.11. The van der Waals surface area contributed by atoms with Gasteiger partial charge >= 0.3 is 0 Å². The van der Waals surface area contributed by atoms with Gasteiger partial charge in [-0.05, 0) is 25.1 Å². The smallest absolute Gasteiger partial charge is 0.143 e. The van der Waals surface area contributed by atoms with E-state index in [1.807, 2.05) is 0 Å². The van der Waals surface area contributed by atoms with Crippen LogP contribution in [-0.4, -0.2) is 24.8 Å². The second kappa shape index (κ2) is 6.42. The number of ether oxygens (including phenoxy) is 1. The topological polar surface area (TPSA) is 81.5 Å². The molecule has 0 spiro atoms. The summed E-state index contributed by atoms with van der Waals surface area (Å²) in [7, 11) is 1.47. The molecule has 17 heavy (non-hydrogen) atoms. The van der Waals surface area contributed by atoms with Crippen molar-refractivity contribution in [2.75, 3.05) is 13.7 Å². The summed E-state index contributed by atoms with van der Waals surface area (Å²) < 4.78 is 5.14. The molecule has 0 saturated heterocycles. The Morgan fingerprint density at radius 1 is 1.41 bits per heavy atom. The lowest BCUT2D eigenvalue weighted by Crippen LogP contribution is -2.31.